The number of aromatic amines is 1. The molecule has 5 rings (SSSR count). The van der Waals surface area contributed by atoms with Crippen LogP contribution in [0.3, 0.4) is 0 Å². The first-order valence-corrected chi connectivity index (χ1v) is 10.2. The van der Waals surface area contributed by atoms with E-state index in [1.54, 1.807) is 6.33 Å². The third kappa shape index (κ3) is 3.16. The van der Waals surface area contributed by atoms with Crippen molar-refractivity contribution in [3.05, 3.63) is 53.5 Å². The van der Waals surface area contributed by atoms with Crippen LogP contribution < -0.4 is 5.32 Å². The predicted molar refractivity (Wildman–Crippen MR) is 111 cm³/mol. The molecule has 3 unspecified atom stereocenters. The van der Waals surface area contributed by atoms with Crippen LogP contribution in [0.15, 0.2) is 36.7 Å². The summed E-state index contributed by atoms with van der Waals surface area (Å²) in [5.74, 6) is 0.905. The molecule has 3 aromatic rings. The number of nitrogens with one attached hydrogen (secondary N) is 2. The van der Waals surface area contributed by atoms with Gasteiger partial charge in [-0.1, -0.05) is 24.3 Å². The second-order valence-corrected chi connectivity index (χ2v) is 8.04. The highest BCUT2D eigenvalue weighted by Crippen LogP contribution is 2.37. The van der Waals surface area contributed by atoms with Crippen LogP contribution in [-0.4, -0.2) is 51.7 Å². The summed E-state index contributed by atoms with van der Waals surface area (Å²) in [5, 5.41) is 4.85. The number of rotatable bonds is 3. The Kier molecular flexibility index (Phi) is 4.53. The van der Waals surface area contributed by atoms with Crippen molar-refractivity contribution in [1.82, 2.24) is 19.9 Å². The van der Waals surface area contributed by atoms with Gasteiger partial charge in [0.25, 0.3) is 0 Å². The average molecular weight is 377 g/mol. The number of nitrogens with zero attached hydrogens (tertiary/aromatic N) is 3. The molecule has 1 aromatic carbocycles. The van der Waals surface area contributed by atoms with Gasteiger partial charge in [0, 0.05) is 24.8 Å². The van der Waals surface area contributed by atoms with Crippen molar-refractivity contribution in [3.8, 4) is 0 Å². The molecule has 1 aliphatic carbocycles. The highest BCUT2D eigenvalue weighted by Gasteiger charge is 2.35. The number of benzene rings is 1. The molecule has 2 N–H and O–H groups in total. The summed E-state index contributed by atoms with van der Waals surface area (Å²) in [7, 11) is 0. The molecule has 6 heteroatoms. The minimum atomic E-state index is 0.198. The lowest BCUT2D eigenvalue weighted by Crippen LogP contribution is -2.51. The molecular weight excluding hydrogens is 350 g/mol. The van der Waals surface area contributed by atoms with E-state index in [0.29, 0.717) is 6.04 Å². The van der Waals surface area contributed by atoms with Crippen molar-refractivity contribution in [2.45, 2.75) is 44.9 Å². The van der Waals surface area contributed by atoms with E-state index in [0.717, 1.165) is 55.1 Å². The van der Waals surface area contributed by atoms with Gasteiger partial charge in [-0.25, -0.2) is 9.97 Å². The first-order chi connectivity index (χ1) is 13.7. The molecule has 1 saturated heterocycles. The molecule has 0 bridgehead atoms. The van der Waals surface area contributed by atoms with Crippen LogP contribution in [0, 0.1) is 6.92 Å². The minimum Gasteiger partial charge on any atom is -0.376 e. The Balaban J connectivity index is 1.53. The number of morpholine rings is 1. The number of hydrogen-bond acceptors (Lipinski definition) is 5. The summed E-state index contributed by atoms with van der Waals surface area (Å²) in [6.07, 6.45) is 4.18. The highest BCUT2D eigenvalue weighted by molar-refractivity contribution is 5.87. The lowest BCUT2D eigenvalue weighted by Gasteiger charge is -2.44. The Morgan fingerprint density at radius 3 is 3.04 bits per heavy atom. The van der Waals surface area contributed by atoms with Crippen molar-refractivity contribution < 1.29 is 4.74 Å². The van der Waals surface area contributed by atoms with E-state index < -0.39 is 0 Å². The zero-order valence-corrected chi connectivity index (χ0v) is 16.5. The number of ether oxygens (including phenoxy) is 1. The number of fused-ring (bicyclic) bond motifs is 2. The maximum absolute atomic E-state index is 5.80. The Hall–Kier alpha value is -2.44. The van der Waals surface area contributed by atoms with Gasteiger partial charge in [0.1, 0.15) is 17.8 Å². The molecule has 3 heterocycles. The standard InChI is InChI=1S/C22H27N5O/c1-14-11-18-21(25-14)23-13-24-22(18)26-20-17-6-4-3-5-16(17)7-8-19(20)27-9-10-28-15(2)12-27/h3-6,11,13,15,19-20H,7-10,12H2,1-2H3,(H2,23,24,25,26). The second kappa shape index (κ2) is 7.18. The van der Waals surface area contributed by atoms with Gasteiger partial charge in [-0.15, -0.1) is 0 Å². The highest BCUT2D eigenvalue weighted by atomic mass is 16.5. The van der Waals surface area contributed by atoms with Gasteiger partial charge < -0.3 is 15.0 Å². The number of H-pyrrole nitrogens is 1. The van der Waals surface area contributed by atoms with Crippen molar-refractivity contribution in [3.63, 3.8) is 0 Å². The number of anilines is 1. The van der Waals surface area contributed by atoms with Crippen LogP contribution >= 0.6 is 0 Å². The van der Waals surface area contributed by atoms with Gasteiger partial charge in [0.2, 0.25) is 0 Å². The second-order valence-electron chi connectivity index (χ2n) is 8.04. The average Bonchev–Trinajstić information content (AvgIpc) is 3.09. The van der Waals surface area contributed by atoms with Crippen LogP contribution in [0.25, 0.3) is 11.0 Å². The molecule has 28 heavy (non-hydrogen) atoms. The molecule has 0 amide bonds. The Bertz CT molecular complexity index is 984. The van der Waals surface area contributed by atoms with Crippen LogP contribution in [-0.2, 0) is 11.2 Å². The summed E-state index contributed by atoms with van der Waals surface area (Å²) >= 11 is 0. The van der Waals surface area contributed by atoms with Crippen molar-refractivity contribution in [1.29, 1.82) is 0 Å². The number of aryl methyl sites for hydroxylation is 2. The fourth-order valence-corrected chi connectivity index (χ4v) is 4.79. The van der Waals surface area contributed by atoms with E-state index in [2.05, 4.69) is 69.3 Å². The lowest BCUT2D eigenvalue weighted by atomic mass is 9.83. The Morgan fingerprint density at radius 1 is 1.25 bits per heavy atom. The summed E-state index contributed by atoms with van der Waals surface area (Å²) in [5.41, 5.74) is 4.81. The SMILES string of the molecule is Cc1cc2c(NC3c4ccccc4CCC3N3CCOC(C)C3)ncnc2[nH]1. The molecule has 2 aromatic heterocycles. The first kappa shape index (κ1) is 17.6. The molecule has 1 aliphatic heterocycles. The molecule has 146 valence electrons. The third-order valence-electron chi connectivity index (χ3n) is 6.08. The zero-order chi connectivity index (χ0) is 19.1. The molecule has 0 spiro atoms. The van der Waals surface area contributed by atoms with E-state index in [-0.39, 0.29) is 12.1 Å². The van der Waals surface area contributed by atoms with Crippen molar-refractivity contribution in [2.75, 3.05) is 25.0 Å². The van der Waals surface area contributed by atoms with Crippen LogP contribution in [0.5, 0.6) is 0 Å². The van der Waals surface area contributed by atoms with E-state index in [4.69, 9.17) is 4.74 Å². The molecule has 3 atom stereocenters. The summed E-state index contributed by atoms with van der Waals surface area (Å²) in [4.78, 5) is 14.9. The molecule has 0 radical (unpaired) electrons. The largest absolute Gasteiger partial charge is 0.376 e. The third-order valence-corrected chi connectivity index (χ3v) is 6.08. The monoisotopic (exact) mass is 377 g/mol. The molecule has 1 fully saturated rings. The van der Waals surface area contributed by atoms with Gasteiger partial charge in [0.05, 0.1) is 24.1 Å². The predicted octanol–water partition coefficient (Wildman–Crippen LogP) is 3.46. The van der Waals surface area contributed by atoms with Crippen molar-refractivity contribution >= 4 is 16.9 Å². The number of hydrogen-bond donors (Lipinski definition) is 2. The molecule has 2 aliphatic rings. The lowest BCUT2D eigenvalue weighted by molar-refractivity contribution is -0.0391. The Labute approximate surface area is 165 Å². The molecule has 0 saturated carbocycles. The van der Waals surface area contributed by atoms with Gasteiger partial charge >= 0.3 is 0 Å². The zero-order valence-electron chi connectivity index (χ0n) is 16.5. The van der Waals surface area contributed by atoms with E-state index in [9.17, 15) is 0 Å². The first-order valence-electron chi connectivity index (χ1n) is 10.2. The van der Waals surface area contributed by atoms with Crippen LogP contribution in [0.2, 0.25) is 0 Å². The van der Waals surface area contributed by atoms with Gasteiger partial charge in [-0.3, -0.25) is 4.90 Å². The number of aromatic nitrogens is 3. The summed E-state index contributed by atoms with van der Waals surface area (Å²) < 4.78 is 5.80. The van der Waals surface area contributed by atoms with Gasteiger partial charge in [-0.2, -0.15) is 0 Å². The minimum absolute atomic E-state index is 0.198. The maximum Gasteiger partial charge on any atom is 0.143 e. The van der Waals surface area contributed by atoms with Gasteiger partial charge in [-0.05, 0) is 43.9 Å². The van der Waals surface area contributed by atoms with E-state index >= 15 is 0 Å². The van der Waals surface area contributed by atoms with Gasteiger partial charge in [0.15, 0.2) is 0 Å². The smallest absolute Gasteiger partial charge is 0.143 e. The summed E-state index contributed by atoms with van der Waals surface area (Å²) in [6, 6.07) is 11.6. The van der Waals surface area contributed by atoms with E-state index in [1.807, 2.05) is 0 Å². The van der Waals surface area contributed by atoms with Crippen LogP contribution in [0.1, 0.15) is 36.2 Å². The molecular formula is C22H27N5O. The van der Waals surface area contributed by atoms with Crippen molar-refractivity contribution in [2.24, 2.45) is 0 Å². The topological polar surface area (TPSA) is 66.1 Å². The quantitative estimate of drug-likeness (QED) is 0.732. The normalized spacial score (nSPS) is 25.6. The Morgan fingerprint density at radius 2 is 2.14 bits per heavy atom. The van der Waals surface area contributed by atoms with Crippen LogP contribution in [0.4, 0.5) is 5.82 Å². The fraction of sp³-hybridized carbons (Fsp3) is 0.455. The maximum atomic E-state index is 5.80. The molecule has 6 nitrogen and oxygen atoms in total. The van der Waals surface area contributed by atoms with E-state index in [1.165, 1.54) is 11.1 Å². The fourth-order valence-electron chi connectivity index (χ4n) is 4.79. The summed E-state index contributed by atoms with van der Waals surface area (Å²) in [6.45, 7) is 6.99.